The third-order valence-corrected chi connectivity index (χ3v) is 2.96. The summed E-state index contributed by atoms with van der Waals surface area (Å²) in [6, 6.07) is -0.0777. The molecule has 0 aromatic carbocycles. The zero-order chi connectivity index (χ0) is 13.1. The average Bonchev–Trinajstić information content (AvgIpc) is 2.60. The van der Waals surface area contributed by atoms with Gasteiger partial charge >= 0.3 is 0 Å². The molecule has 6 heteroatoms. The first-order chi connectivity index (χ1) is 7.89. The second kappa shape index (κ2) is 5.95. The maximum atomic E-state index is 5.76. The molecule has 1 heterocycles. The van der Waals surface area contributed by atoms with Crippen molar-refractivity contribution in [3.8, 4) is 0 Å². The van der Waals surface area contributed by atoms with Crippen LogP contribution in [0.3, 0.4) is 0 Å². The third-order valence-electron chi connectivity index (χ3n) is 2.35. The van der Waals surface area contributed by atoms with E-state index in [4.69, 9.17) is 10.6 Å². The van der Waals surface area contributed by atoms with Crippen LogP contribution < -0.4 is 11.3 Å². The molecule has 1 rings (SSSR count). The molecule has 3 N–H and O–H groups in total. The summed E-state index contributed by atoms with van der Waals surface area (Å²) < 4.78 is 8.60. The van der Waals surface area contributed by atoms with Crippen LogP contribution in [0.25, 0.3) is 0 Å². The molecular weight excluding hydrogens is 284 g/mol. The lowest BCUT2D eigenvalue weighted by Gasteiger charge is -2.24. The normalized spacial score (nSPS) is 14.0. The topological polar surface area (TPSA) is 65.1 Å². The number of hydrogen-bond donors (Lipinski definition) is 2. The van der Waals surface area contributed by atoms with Gasteiger partial charge < -0.3 is 4.74 Å². The first kappa shape index (κ1) is 14.6. The quantitative estimate of drug-likeness (QED) is 0.645. The van der Waals surface area contributed by atoms with Crippen molar-refractivity contribution in [1.29, 1.82) is 0 Å². The lowest BCUT2D eigenvalue weighted by molar-refractivity contribution is -0.0159. The lowest BCUT2D eigenvalue weighted by Crippen LogP contribution is -2.35. The number of nitrogens with two attached hydrogens (primary N) is 1. The minimum Gasteiger partial charge on any atom is -0.374 e. The molecule has 1 atom stereocenters. The van der Waals surface area contributed by atoms with Gasteiger partial charge in [-0.1, -0.05) is 0 Å². The van der Waals surface area contributed by atoms with Crippen LogP contribution in [0.4, 0.5) is 0 Å². The largest absolute Gasteiger partial charge is 0.374 e. The van der Waals surface area contributed by atoms with Gasteiger partial charge in [0.05, 0.1) is 34.6 Å². The highest BCUT2D eigenvalue weighted by Gasteiger charge is 2.21. The SMILES string of the molecule is CCn1ncc(Br)c1C(COC(C)(C)C)NN. The molecule has 0 aliphatic heterocycles. The van der Waals surface area contributed by atoms with E-state index in [-0.39, 0.29) is 11.6 Å². The number of nitrogens with zero attached hydrogens (tertiary/aromatic N) is 2. The van der Waals surface area contributed by atoms with E-state index >= 15 is 0 Å². The molecule has 0 fully saturated rings. The lowest BCUT2D eigenvalue weighted by atomic mass is 10.1. The number of rotatable bonds is 5. The Morgan fingerprint density at radius 3 is 2.71 bits per heavy atom. The highest BCUT2D eigenvalue weighted by Crippen LogP contribution is 2.24. The molecule has 0 spiro atoms. The van der Waals surface area contributed by atoms with E-state index in [1.54, 1.807) is 6.20 Å². The van der Waals surface area contributed by atoms with Crippen molar-refractivity contribution in [2.75, 3.05) is 6.61 Å². The summed E-state index contributed by atoms with van der Waals surface area (Å²) in [4.78, 5) is 0. The zero-order valence-corrected chi connectivity index (χ0v) is 12.4. The Morgan fingerprint density at radius 1 is 1.59 bits per heavy atom. The van der Waals surface area contributed by atoms with Crippen LogP contribution in [0, 0.1) is 0 Å². The zero-order valence-electron chi connectivity index (χ0n) is 10.8. The molecule has 5 nitrogen and oxygen atoms in total. The van der Waals surface area contributed by atoms with E-state index in [9.17, 15) is 0 Å². The van der Waals surface area contributed by atoms with Crippen LogP contribution in [-0.4, -0.2) is 22.0 Å². The van der Waals surface area contributed by atoms with Crippen LogP contribution in [0.5, 0.6) is 0 Å². The molecule has 1 unspecified atom stereocenters. The van der Waals surface area contributed by atoms with E-state index in [2.05, 4.69) is 26.5 Å². The number of aromatic nitrogens is 2. The molecule has 0 saturated heterocycles. The van der Waals surface area contributed by atoms with E-state index in [0.29, 0.717) is 6.61 Å². The number of halogens is 1. The average molecular weight is 305 g/mol. The Labute approximate surface area is 111 Å². The molecule has 1 aromatic rings. The van der Waals surface area contributed by atoms with Crippen molar-refractivity contribution < 1.29 is 4.74 Å². The number of aryl methyl sites for hydroxylation is 1. The van der Waals surface area contributed by atoms with E-state index < -0.39 is 0 Å². The van der Waals surface area contributed by atoms with Gasteiger partial charge in [0.1, 0.15) is 0 Å². The molecule has 1 aromatic heterocycles. The van der Waals surface area contributed by atoms with Gasteiger partial charge in [-0.05, 0) is 43.6 Å². The number of ether oxygens (including phenoxy) is 1. The van der Waals surface area contributed by atoms with E-state index in [1.807, 2.05) is 32.4 Å². The monoisotopic (exact) mass is 304 g/mol. The molecule has 17 heavy (non-hydrogen) atoms. The molecule has 0 amide bonds. The first-order valence-electron chi connectivity index (χ1n) is 5.70. The molecule has 0 radical (unpaired) electrons. The van der Waals surface area contributed by atoms with Gasteiger partial charge in [0.15, 0.2) is 0 Å². The number of nitrogens with one attached hydrogen (secondary N) is 1. The van der Waals surface area contributed by atoms with Crippen molar-refractivity contribution in [1.82, 2.24) is 15.2 Å². The Balaban J connectivity index is 2.82. The highest BCUT2D eigenvalue weighted by molar-refractivity contribution is 9.10. The van der Waals surface area contributed by atoms with Crippen LogP contribution in [0.1, 0.15) is 39.4 Å². The summed E-state index contributed by atoms with van der Waals surface area (Å²) in [5.41, 5.74) is 3.61. The predicted molar refractivity (Wildman–Crippen MR) is 71.4 cm³/mol. The third kappa shape index (κ3) is 4.06. The summed E-state index contributed by atoms with van der Waals surface area (Å²) in [7, 11) is 0. The maximum Gasteiger partial charge on any atom is 0.0873 e. The number of hydrazine groups is 1. The first-order valence-corrected chi connectivity index (χ1v) is 6.49. The van der Waals surface area contributed by atoms with Gasteiger partial charge in [0, 0.05) is 6.54 Å². The molecule has 0 aliphatic rings. The second-order valence-electron chi connectivity index (χ2n) is 4.84. The van der Waals surface area contributed by atoms with Crippen molar-refractivity contribution in [2.24, 2.45) is 5.84 Å². The summed E-state index contributed by atoms with van der Waals surface area (Å²) in [5.74, 6) is 5.59. The van der Waals surface area contributed by atoms with Gasteiger partial charge in [-0.25, -0.2) is 5.43 Å². The molecule has 0 bridgehead atoms. The van der Waals surface area contributed by atoms with E-state index in [1.165, 1.54) is 0 Å². The number of hydrogen-bond acceptors (Lipinski definition) is 4. The van der Waals surface area contributed by atoms with Crippen molar-refractivity contribution >= 4 is 15.9 Å². The summed E-state index contributed by atoms with van der Waals surface area (Å²) in [6.45, 7) is 9.41. The van der Waals surface area contributed by atoms with Crippen molar-refractivity contribution in [2.45, 2.75) is 45.9 Å². The Kier molecular flexibility index (Phi) is 5.12. The summed E-state index contributed by atoms with van der Waals surface area (Å²) in [6.07, 6.45) is 1.78. The fourth-order valence-corrected chi connectivity index (χ4v) is 2.08. The van der Waals surface area contributed by atoms with Gasteiger partial charge in [0.2, 0.25) is 0 Å². The van der Waals surface area contributed by atoms with Crippen LogP contribution >= 0.6 is 15.9 Å². The minimum atomic E-state index is -0.182. The molecule has 98 valence electrons. The predicted octanol–water partition coefficient (Wildman–Crippen LogP) is 1.98. The highest BCUT2D eigenvalue weighted by atomic mass is 79.9. The van der Waals surface area contributed by atoms with E-state index in [0.717, 1.165) is 16.7 Å². The van der Waals surface area contributed by atoms with Crippen LogP contribution in [0.2, 0.25) is 0 Å². The minimum absolute atomic E-state index is 0.0777. The summed E-state index contributed by atoms with van der Waals surface area (Å²) in [5, 5.41) is 4.27. The van der Waals surface area contributed by atoms with Gasteiger partial charge in [-0.15, -0.1) is 0 Å². The van der Waals surface area contributed by atoms with Crippen molar-refractivity contribution in [3.05, 3.63) is 16.4 Å². The molecular formula is C11H21BrN4O. The van der Waals surface area contributed by atoms with Crippen molar-refractivity contribution in [3.63, 3.8) is 0 Å². The second-order valence-corrected chi connectivity index (χ2v) is 5.69. The fraction of sp³-hybridized carbons (Fsp3) is 0.727. The van der Waals surface area contributed by atoms with Gasteiger partial charge in [-0.3, -0.25) is 10.5 Å². The Bertz CT molecular complexity index is 359. The maximum absolute atomic E-state index is 5.76. The standard InChI is InChI=1S/C11H21BrN4O/c1-5-16-10(8(12)6-14-16)9(15-13)7-17-11(2,3)4/h6,9,15H,5,7,13H2,1-4H3. The Morgan fingerprint density at radius 2 is 2.24 bits per heavy atom. The van der Waals surface area contributed by atoms with Gasteiger partial charge in [0.25, 0.3) is 0 Å². The van der Waals surface area contributed by atoms with Gasteiger partial charge in [-0.2, -0.15) is 5.10 Å². The summed E-state index contributed by atoms with van der Waals surface area (Å²) >= 11 is 3.49. The Hall–Kier alpha value is -0.430. The molecule has 0 saturated carbocycles. The smallest absolute Gasteiger partial charge is 0.0873 e. The molecule has 0 aliphatic carbocycles. The van der Waals surface area contributed by atoms with Crippen LogP contribution in [-0.2, 0) is 11.3 Å². The van der Waals surface area contributed by atoms with Crippen LogP contribution in [0.15, 0.2) is 10.7 Å². The fourth-order valence-electron chi connectivity index (χ4n) is 1.51.